The third kappa shape index (κ3) is 5.06. The van der Waals surface area contributed by atoms with Crippen LogP contribution in [0.2, 0.25) is 0 Å². The van der Waals surface area contributed by atoms with Crippen LogP contribution in [0.1, 0.15) is 18.1 Å². The molecule has 0 bridgehead atoms. The maximum Gasteiger partial charge on any atom is 0.277 e. The summed E-state index contributed by atoms with van der Waals surface area (Å²) in [4.78, 5) is 25.8. The van der Waals surface area contributed by atoms with E-state index in [1.807, 2.05) is 73.7 Å². The number of amides is 1. The number of nitrogens with one attached hydrogen (secondary N) is 1. The zero-order valence-electron chi connectivity index (χ0n) is 19.7. The summed E-state index contributed by atoms with van der Waals surface area (Å²) >= 11 is 1.16. The van der Waals surface area contributed by atoms with Gasteiger partial charge in [0.15, 0.2) is 5.69 Å². The molecule has 0 saturated heterocycles. The Labute approximate surface area is 211 Å². The molecule has 0 radical (unpaired) electrons. The van der Waals surface area contributed by atoms with Gasteiger partial charge in [-0.15, -0.1) is 10.2 Å². The van der Waals surface area contributed by atoms with Gasteiger partial charge in [-0.1, -0.05) is 72.4 Å². The molecule has 8 nitrogen and oxygen atoms in total. The SMILES string of the molecule is Cc1cccc(NC(=O)C(C)Sc2nnc(-c3nn(Cc4ccccc4)c(=O)c4ccccc34)o2)c1. The van der Waals surface area contributed by atoms with Crippen molar-refractivity contribution >= 4 is 34.1 Å². The van der Waals surface area contributed by atoms with Gasteiger partial charge in [-0.2, -0.15) is 5.10 Å². The molecule has 0 aliphatic rings. The first kappa shape index (κ1) is 23.5. The number of rotatable bonds is 7. The van der Waals surface area contributed by atoms with E-state index in [-0.39, 0.29) is 22.6 Å². The third-order valence-corrected chi connectivity index (χ3v) is 6.52. The normalized spacial score (nSPS) is 11.9. The Balaban J connectivity index is 1.41. The number of aromatic nitrogens is 4. The Morgan fingerprint density at radius 3 is 2.53 bits per heavy atom. The summed E-state index contributed by atoms with van der Waals surface area (Å²) in [6.45, 7) is 4.05. The molecule has 0 aliphatic heterocycles. The van der Waals surface area contributed by atoms with E-state index in [0.29, 0.717) is 23.0 Å². The van der Waals surface area contributed by atoms with Crippen LogP contribution in [-0.2, 0) is 11.3 Å². The van der Waals surface area contributed by atoms with Crippen molar-refractivity contribution in [2.24, 2.45) is 0 Å². The second kappa shape index (κ2) is 10.2. The van der Waals surface area contributed by atoms with Crippen LogP contribution in [0.25, 0.3) is 22.4 Å². The molecule has 9 heteroatoms. The number of hydrogen-bond acceptors (Lipinski definition) is 7. The summed E-state index contributed by atoms with van der Waals surface area (Å²) in [5, 5.41) is 16.7. The van der Waals surface area contributed by atoms with Crippen molar-refractivity contribution in [3.05, 3.63) is 100 Å². The molecule has 5 aromatic rings. The highest BCUT2D eigenvalue weighted by molar-refractivity contribution is 8.00. The van der Waals surface area contributed by atoms with Crippen molar-refractivity contribution in [3.8, 4) is 11.6 Å². The number of aryl methyl sites for hydroxylation is 1. The average Bonchev–Trinajstić information content (AvgIpc) is 3.34. The Kier molecular flexibility index (Phi) is 6.64. The first-order chi connectivity index (χ1) is 17.5. The van der Waals surface area contributed by atoms with Crippen molar-refractivity contribution in [1.29, 1.82) is 0 Å². The number of anilines is 1. The summed E-state index contributed by atoms with van der Waals surface area (Å²) in [6, 6.07) is 24.4. The Bertz CT molecular complexity index is 1600. The van der Waals surface area contributed by atoms with Gasteiger partial charge < -0.3 is 9.73 Å². The Hall–Kier alpha value is -4.24. The zero-order chi connectivity index (χ0) is 25.1. The molecular weight excluding hydrogens is 474 g/mol. The minimum Gasteiger partial charge on any atom is -0.409 e. The lowest BCUT2D eigenvalue weighted by molar-refractivity contribution is -0.115. The van der Waals surface area contributed by atoms with Crippen LogP contribution in [0.15, 0.2) is 93.3 Å². The van der Waals surface area contributed by atoms with Gasteiger partial charge in [0.2, 0.25) is 5.91 Å². The van der Waals surface area contributed by atoms with Crippen molar-refractivity contribution in [1.82, 2.24) is 20.0 Å². The van der Waals surface area contributed by atoms with E-state index in [9.17, 15) is 9.59 Å². The first-order valence-electron chi connectivity index (χ1n) is 11.4. The van der Waals surface area contributed by atoms with Crippen LogP contribution in [0.4, 0.5) is 5.69 Å². The molecule has 36 heavy (non-hydrogen) atoms. The van der Waals surface area contributed by atoms with Gasteiger partial charge in [-0.3, -0.25) is 9.59 Å². The lowest BCUT2D eigenvalue weighted by Gasteiger charge is -2.10. The number of hydrogen-bond donors (Lipinski definition) is 1. The van der Waals surface area contributed by atoms with Gasteiger partial charge in [-0.25, -0.2) is 4.68 Å². The van der Waals surface area contributed by atoms with Gasteiger partial charge >= 0.3 is 0 Å². The fraction of sp³-hybridized carbons (Fsp3) is 0.148. The van der Waals surface area contributed by atoms with E-state index >= 15 is 0 Å². The molecule has 3 aromatic carbocycles. The zero-order valence-corrected chi connectivity index (χ0v) is 20.5. The van der Waals surface area contributed by atoms with Gasteiger partial charge in [0, 0.05) is 11.1 Å². The molecule has 1 amide bonds. The summed E-state index contributed by atoms with van der Waals surface area (Å²) in [7, 11) is 0. The highest BCUT2D eigenvalue weighted by atomic mass is 32.2. The van der Waals surface area contributed by atoms with Gasteiger partial charge in [0.1, 0.15) is 0 Å². The van der Waals surface area contributed by atoms with Crippen molar-refractivity contribution < 1.29 is 9.21 Å². The molecule has 180 valence electrons. The number of nitrogens with zero attached hydrogens (tertiary/aromatic N) is 4. The van der Waals surface area contributed by atoms with Crippen molar-refractivity contribution in [3.63, 3.8) is 0 Å². The van der Waals surface area contributed by atoms with Crippen molar-refractivity contribution in [2.45, 2.75) is 30.9 Å². The van der Waals surface area contributed by atoms with E-state index < -0.39 is 5.25 Å². The van der Waals surface area contributed by atoms with Crippen LogP contribution in [0.5, 0.6) is 0 Å². The van der Waals surface area contributed by atoms with E-state index in [4.69, 9.17) is 4.42 Å². The van der Waals surface area contributed by atoms with Crippen LogP contribution in [0, 0.1) is 6.92 Å². The lowest BCUT2D eigenvalue weighted by Crippen LogP contribution is -2.24. The number of carbonyl (C=O) groups is 1. The number of fused-ring (bicyclic) bond motifs is 1. The molecule has 1 unspecified atom stereocenters. The Morgan fingerprint density at radius 2 is 1.75 bits per heavy atom. The number of carbonyl (C=O) groups excluding carboxylic acids is 1. The molecule has 2 aromatic heterocycles. The maximum atomic E-state index is 13.1. The monoisotopic (exact) mass is 497 g/mol. The van der Waals surface area contributed by atoms with Crippen LogP contribution >= 0.6 is 11.8 Å². The predicted molar refractivity (Wildman–Crippen MR) is 140 cm³/mol. The summed E-state index contributed by atoms with van der Waals surface area (Å²) < 4.78 is 7.30. The van der Waals surface area contributed by atoms with E-state index in [1.165, 1.54) is 4.68 Å². The highest BCUT2D eigenvalue weighted by Crippen LogP contribution is 2.29. The topological polar surface area (TPSA) is 103 Å². The largest absolute Gasteiger partial charge is 0.409 e. The smallest absolute Gasteiger partial charge is 0.277 e. The molecule has 1 atom stereocenters. The molecule has 2 heterocycles. The standard InChI is InChI=1S/C27H23N5O3S/c1-17-9-8-12-20(15-17)28-24(33)18(2)36-27-30-29-25(35-27)23-21-13-6-7-14-22(21)26(34)32(31-23)16-19-10-4-3-5-11-19/h3-15,18H,16H2,1-2H3,(H,28,33). The minimum atomic E-state index is -0.476. The van der Waals surface area contributed by atoms with E-state index in [1.54, 1.807) is 19.1 Å². The maximum absolute atomic E-state index is 13.1. The molecule has 0 spiro atoms. The second-order valence-electron chi connectivity index (χ2n) is 8.33. The first-order valence-corrected chi connectivity index (χ1v) is 12.3. The van der Waals surface area contributed by atoms with E-state index in [0.717, 1.165) is 28.6 Å². The summed E-state index contributed by atoms with van der Waals surface area (Å²) in [5.74, 6) is 0.00661. The van der Waals surface area contributed by atoms with Crippen molar-refractivity contribution in [2.75, 3.05) is 5.32 Å². The van der Waals surface area contributed by atoms with Gasteiger partial charge in [-0.05, 0) is 43.2 Å². The van der Waals surface area contributed by atoms with Crippen LogP contribution < -0.4 is 10.9 Å². The number of thioether (sulfide) groups is 1. The molecular formula is C27H23N5O3S. The molecule has 0 fully saturated rings. The second-order valence-corrected chi connectivity index (χ2v) is 9.63. The quantitative estimate of drug-likeness (QED) is 0.318. The molecule has 0 aliphatic carbocycles. The van der Waals surface area contributed by atoms with Crippen LogP contribution in [-0.4, -0.2) is 31.1 Å². The summed E-state index contributed by atoms with van der Waals surface area (Å²) in [6.07, 6.45) is 0. The summed E-state index contributed by atoms with van der Waals surface area (Å²) in [5.41, 5.74) is 2.95. The molecule has 0 saturated carbocycles. The minimum absolute atomic E-state index is 0.176. The molecule has 1 N–H and O–H groups in total. The fourth-order valence-electron chi connectivity index (χ4n) is 3.78. The molecule has 5 rings (SSSR count). The average molecular weight is 498 g/mol. The van der Waals surface area contributed by atoms with Crippen LogP contribution in [0.3, 0.4) is 0 Å². The predicted octanol–water partition coefficient (Wildman–Crippen LogP) is 4.92. The van der Waals surface area contributed by atoms with Gasteiger partial charge in [0.25, 0.3) is 16.7 Å². The Morgan fingerprint density at radius 1 is 1.00 bits per heavy atom. The highest BCUT2D eigenvalue weighted by Gasteiger charge is 2.21. The fourth-order valence-corrected chi connectivity index (χ4v) is 4.46. The van der Waals surface area contributed by atoms with Gasteiger partial charge in [0.05, 0.1) is 17.2 Å². The van der Waals surface area contributed by atoms with E-state index in [2.05, 4.69) is 20.6 Å². The number of benzene rings is 3. The third-order valence-electron chi connectivity index (χ3n) is 5.58. The lowest BCUT2D eigenvalue weighted by atomic mass is 10.1.